The number of hydrazone groups is 1. The highest BCUT2D eigenvalue weighted by molar-refractivity contribution is 9.10. The molecule has 25 heavy (non-hydrogen) atoms. The van der Waals surface area contributed by atoms with Gasteiger partial charge in [-0.15, -0.1) is 0 Å². The number of fused-ring (bicyclic) bond motifs is 1. The molecule has 0 heterocycles. The highest BCUT2D eigenvalue weighted by Crippen LogP contribution is 2.26. The summed E-state index contributed by atoms with van der Waals surface area (Å²) in [6.45, 7) is 1.70. The molecule has 3 aromatic carbocycles. The van der Waals surface area contributed by atoms with Gasteiger partial charge in [-0.3, -0.25) is 4.79 Å². The number of halogens is 1. The molecule has 5 heteroatoms. The van der Waals surface area contributed by atoms with Gasteiger partial charge in [0.25, 0.3) is 5.91 Å². The van der Waals surface area contributed by atoms with E-state index in [-0.39, 0.29) is 5.91 Å². The molecule has 3 aromatic rings. The summed E-state index contributed by atoms with van der Waals surface area (Å²) in [7, 11) is 0. The van der Waals surface area contributed by atoms with Crippen LogP contribution in [0.5, 0.6) is 5.75 Å². The smallest absolute Gasteiger partial charge is 0.280 e. The third kappa shape index (κ3) is 4.45. The molecule has 0 aliphatic rings. The Bertz CT molecular complexity index is 919. The van der Waals surface area contributed by atoms with Gasteiger partial charge in [0.2, 0.25) is 0 Å². The normalized spacial score (nSPS) is 12.2. The van der Waals surface area contributed by atoms with Gasteiger partial charge in [-0.2, -0.15) is 5.10 Å². The van der Waals surface area contributed by atoms with E-state index >= 15 is 0 Å². The molecule has 0 aliphatic heterocycles. The molecule has 0 aromatic heterocycles. The fourth-order valence-corrected chi connectivity index (χ4v) is 2.81. The Kier molecular flexibility index (Phi) is 5.46. The van der Waals surface area contributed by atoms with Crippen LogP contribution in [0.25, 0.3) is 10.8 Å². The summed E-state index contributed by atoms with van der Waals surface area (Å²) >= 11 is 3.39. The zero-order valence-electron chi connectivity index (χ0n) is 13.6. The number of ether oxygens (including phenoxy) is 1. The lowest BCUT2D eigenvalue weighted by molar-refractivity contribution is -0.127. The second-order valence-corrected chi connectivity index (χ2v) is 6.44. The molecule has 3 rings (SSSR count). The van der Waals surface area contributed by atoms with E-state index in [9.17, 15) is 4.79 Å². The van der Waals surface area contributed by atoms with Crippen molar-refractivity contribution in [1.29, 1.82) is 0 Å². The van der Waals surface area contributed by atoms with Crippen molar-refractivity contribution in [3.8, 4) is 5.75 Å². The maximum absolute atomic E-state index is 12.2. The first-order chi connectivity index (χ1) is 12.1. The van der Waals surface area contributed by atoms with Crippen molar-refractivity contribution < 1.29 is 9.53 Å². The van der Waals surface area contributed by atoms with Gasteiger partial charge >= 0.3 is 0 Å². The maximum atomic E-state index is 12.2. The number of nitrogens with zero attached hydrogens (tertiary/aromatic N) is 1. The summed E-state index contributed by atoms with van der Waals surface area (Å²) in [6.07, 6.45) is 0.929. The van der Waals surface area contributed by atoms with Crippen molar-refractivity contribution in [3.05, 3.63) is 76.8 Å². The number of carbonyl (C=O) groups is 1. The molecule has 126 valence electrons. The van der Waals surface area contributed by atoms with Gasteiger partial charge in [-0.1, -0.05) is 64.5 Å². The Labute approximate surface area is 154 Å². The van der Waals surface area contributed by atoms with Crippen LogP contribution in [-0.2, 0) is 4.79 Å². The molecular weight excluding hydrogens is 380 g/mol. The molecule has 0 aliphatic carbocycles. The molecule has 1 N–H and O–H groups in total. The number of carbonyl (C=O) groups excluding carboxylic acids is 1. The van der Waals surface area contributed by atoms with Crippen molar-refractivity contribution in [2.45, 2.75) is 13.0 Å². The molecule has 0 unspecified atom stereocenters. The second-order valence-electron chi connectivity index (χ2n) is 5.53. The third-order valence-electron chi connectivity index (χ3n) is 3.66. The summed E-state index contributed by atoms with van der Waals surface area (Å²) in [5, 5.41) is 6.03. The Morgan fingerprint density at radius 1 is 1.12 bits per heavy atom. The minimum Gasteiger partial charge on any atom is -0.480 e. The van der Waals surface area contributed by atoms with Gasteiger partial charge in [0.05, 0.1) is 6.21 Å². The average molecular weight is 397 g/mol. The summed E-state index contributed by atoms with van der Waals surface area (Å²) in [5.41, 5.74) is 3.40. The molecule has 4 nitrogen and oxygen atoms in total. The molecule has 0 spiro atoms. The van der Waals surface area contributed by atoms with Crippen LogP contribution in [0.3, 0.4) is 0 Å². The molecule has 0 fully saturated rings. The van der Waals surface area contributed by atoms with Gasteiger partial charge < -0.3 is 4.74 Å². The predicted molar refractivity (Wildman–Crippen MR) is 104 cm³/mol. The number of hydrogen-bond donors (Lipinski definition) is 1. The predicted octanol–water partition coefficient (Wildman–Crippen LogP) is 4.52. The first-order valence-corrected chi connectivity index (χ1v) is 8.66. The quantitative estimate of drug-likeness (QED) is 0.509. The average Bonchev–Trinajstić information content (AvgIpc) is 2.62. The van der Waals surface area contributed by atoms with Crippen LogP contribution >= 0.6 is 15.9 Å². The van der Waals surface area contributed by atoms with E-state index in [0.717, 1.165) is 20.8 Å². The summed E-state index contributed by atoms with van der Waals surface area (Å²) < 4.78 is 6.77. The molecule has 1 atom stereocenters. The lowest BCUT2D eigenvalue weighted by Crippen LogP contribution is -2.33. The molecule has 1 amide bonds. The van der Waals surface area contributed by atoms with Crippen molar-refractivity contribution in [2.24, 2.45) is 5.10 Å². The van der Waals surface area contributed by atoms with E-state index in [0.29, 0.717) is 5.75 Å². The molecule has 0 saturated heterocycles. The van der Waals surface area contributed by atoms with Crippen molar-refractivity contribution >= 4 is 38.8 Å². The van der Waals surface area contributed by atoms with E-state index in [2.05, 4.69) is 26.5 Å². The number of nitrogens with one attached hydrogen (secondary N) is 1. The largest absolute Gasteiger partial charge is 0.480 e. The topological polar surface area (TPSA) is 50.7 Å². The fraction of sp³-hybridized carbons (Fsp3) is 0.100. The first-order valence-electron chi connectivity index (χ1n) is 7.86. The summed E-state index contributed by atoms with van der Waals surface area (Å²) in [4.78, 5) is 12.2. The maximum Gasteiger partial charge on any atom is 0.280 e. The summed E-state index contributed by atoms with van der Waals surface area (Å²) in [5.74, 6) is 0.371. The molecule has 0 bridgehead atoms. The van der Waals surface area contributed by atoms with Gasteiger partial charge in [0.15, 0.2) is 6.10 Å². The van der Waals surface area contributed by atoms with E-state index in [1.165, 1.54) is 0 Å². The molecular formula is C20H17BrN2O2. The van der Waals surface area contributed by atoms with Gasteiger partial charge in [-0.05, 0) is 36.1 Å². The zero-order chi connectivity index (χ0) is 17.6. The number of amides is 1. The Morgan fingerprint density at radius 3 is 2.72 bits per heavy atom. The van der Waals surface area contributed by atoms with Crippen LogP contribution < -0.4 is 10.2 Å². The van der Waals surface area contributed by atoms with Crippen LogP contribution in [0.1, 0.15) is 12.5 Å². The molecule has 0 radical (unpaired) electrons. The van der Waals surface area contributed by atoms with Crippen LogP contribution in [0.2, 0.25) is 0 Å². The monoisotopic (exact) mass is 396 g/mol. The van der Waals surface area contributed by atoms with E-state index < -0.39 is 6.10 Å². The first kappa shape index (κ1) is 17.2. The summed E-state index contributed by atoms with van der Waals surface area (Å²) in [6, 6.07) is 21.3. The number of hydrogen-bond acceptors (Lipinski definition) is 3. The minimum absolute atomic E-state index is 0.306. The SMILES string of the molecule is C[C@H](Oc1cccc2ccccc12)C(=O)N/N=C\c1cccc(Br)c1. The Balaban J connectivity index is 1.64. The lowest BCUT2D eigenvalue weighted by atomic mass is 10.1. The highest BCUT2D eigenvalue weighted by Gasteiger charge is 2.15. The zero-order valence-corrected chi connectivity index (χ0v) is 15.2. The lowest BCUT2D eigenvalue weighted by Gasteiger charge is -2.14. The number of rotatable bonds is 5. The van der Waals surface area contributed by atoms with Crippen LogP contribution in [-0.4, -0.2) is 18.2 Å². The minimum atomic E-state index is -0.662. The van der Waals surface area contributed by atoms with E-state index in [1.54, 1.807) is 13.1 Å². The van der Waals surface area contributed by atoms with E-state index in [1.807, 2.05) is 66.7 Å². The van der Waals surface area contributed by atoms with Crippen LogP contribution in [0.4, 0.5) is 0 Å². The van der Waals surface area contributed by atoms with Gasteiger partial charge in [0, 0.05) is 9.86 Å². The van der Waals surface area contributed by atoms with Crippen LogP contribution in [0, 0.1) is 0 Å². The molecule has 0 saturated carbocycles. The third-order valence-corrected chi connectivity index (χ3v) is 4.15. The van der Waals surface area contributed by atoms with Crippen LogP contribution in [0.15, 0.2) is 76.3 Å². The second kappa shape index (κ2) is 7.94. The Hall–Kier alpha value is -2.66. The van der Waals surface area contributed by atoms with Crippen molar-refractivity contribution in [2.75, 3.05) is 0 Å². The Morgan fingerprint density at radius 2 is 1.88 bits per heavy atom. The fourth-order valence-electron chi connectivity index (χ4n) is 2.39. The standard InChI is InChI=1S/C20H17BrN2O2/c1-14(20(24)23-22-13-15-6-4-9-17(21)12-15)25-19-11-5-8-16-7-2-3-10-18(16)19/h2-14H,1H3,(H,23,24)/b22-13-/t14-/m0/s1. The number of benzene rings is 3. The van der Waals surface area contributed by atoms with E-state index in [4.69, 9.17) is 4.74 Å². The van der Waals surface area contributed by atoms with Crippen molar-refractivity contribution in [1.82, 2.24) is 5.43 Å². The van der Waals surface area contributed by atoms with Crippen molar-refractivity contribution in [3.63, 3.8) is 0 Å². The van der Waals surface area contributed by atoms with Gasteiger partial charge in [0.1, 0.15) is 5.75 Å². The highest BCUT2D eigenvalue weighted by atomic mass is 79.9. The van der Waals surface area contributed by atoms with Gasteiger partial charge in [-0.25, -0.2) is 5.43 Å².